The van der Waals surface area contributed by atoms with Crippen LogP contribution in [0.2, 0.25) is 0 Å². The largest absolute Gasteiger partial charge is 0.391 e. The van der Waals surface area contributed by atoms with E-state index in [1.54, 1.807) is 0 Å². The Balaban J connectivity index is 0.000000145. The van der Waals surface area contributed by atoms with Crippen LogP contribution in [0.25, 0.3) is 0 Å². The maximum atomic E-state index is 9.99. The Kier molecular flexibility index (Phi) is 6.41. The van der Waals surface area contributed by atoms with E-state index in [2.05, 4.69) is 35.5 Å². The molecule has 4 heterocycles. The number of rotatable bonds is 6. The molecule has 4 fully saturated rings. The lowest BCUT2D eigenvalue weighted by Gasteiger charge is -2.20. The van der Waals surface area contributed by atoms with E-state index in [-0.39, 0.29) is 18.0 Å². The summed E-state index contributed by atoms with van der Waals surface area (Å²) in [4.78, 5) is 20.9. The number of β-amino-alcohol motifs (C(OH)–C–C–N with tert-alkyl or cyclic N) is 2. The van der Waals surface area contributed by atoms with Gasteiger partial charge in [0.25, 0.3) is 0 Å². The molecule has 12 nitrogen and oxygen atoms in total. The Labute approximate surface area is 205 Å². The van der Waals surface area contributed by atoms with Crippen LogP contribution >= 0.6 is 0 Å². The van der Waals surface area contributed by atoms with Gasteiger partial charge in [0.2, 0.25) is 11.9 Å². The van der Waals surface area contributed by atoms with Crippen LogP contribution < -0.4 is 31.9 Å². The highest BCUT2D eigenvalue weighted by molar-refractivity contribution is 5.55. The number of nitrogens with one attached hydrogen (secondary N) is 2. The van der Waals surface area contributed by atoms with E-state index in [9.17, 15) is 10.2 Å². The van der Waals surface area contributed by atoms with Crippen molar-refractivity contribution in [2.75, 3.05) is 58.1 Å². The van der Waals surface area contributed by atoms with E-state index in [1.165, 1.54) is 25.7 Å². The zero-order valence-electron chi connectivity index (χ0n) is 20.2. The van der Waals surface area contributed by atoms with Gasteiger partial charge in [-0.05, 0) is 45.4 Å². The maximum Gasteiger partial charge on any atom is 0.223 e. The monoisotopic (exact) mass is 484 g/mol. The number of aromatic nitrogens is 4. The molecule has 2 aromatic rings. The van der Waals surface area contributed by atoms with Crippen LogP contribution in [0.15, 0.2) is 12.1 Å². The van der Waals surface area contributed by atoms with Crippen molar-refractivity contribution in [1.29, 1.82) is 0 Å². The van der Waals surface area contributed by atoms with Crippen molar-refractivity contribution in [2.24, 2.45) is 0 Å². The van der Waals surface area contributed by atoms with Crippen LogP contribution in [0.5, 0.6) is 0 Å². The van der Waals surface area contributed by atoms with Gasteiger partial charge in [0.05, 0.1) is 11.7 Å². The number of nitrogen functional groups attached to an aromatic ring is 2. The number of nitrogens with two attached hydrogens (primary N) is 2. The molecule has 2 aliphatic carbocycles. The Morgan fingerprint density at radius 2 is 1.40 bits per heavy atom. The molecule has 2 aliphatic heterocycles. The second kappa shape index (κ2) is 9.50. The van der Waals surface area contributed by atoms with Gasteiger partial charge in [-0.15, -0.1) is 0 Å². The highest BCUT2D eigenvalue weighted by Gasteiger charge is 2.32. The molecular formula is C23H36N10O2. The summed E-state index contributed by atoms with van der Waals surface area (Å²) >= 11 is 0. The molecule has 1 unspecified atom stereocenters. The van der Waals surface area contributed by atoms with Gasteiger partial charge in [-0.1, -0.05) is 0 Å². The second-order valence-corrected chi connectivity index (χ2v) is 10.3. The number of hydrogen-bond acceptors (Lipinski definition) is 12. The molecule has 35 heavy (non-hydrogen) atoms. The number of hydrogen-bond donors (Lipinski definition) is 6. The Bertz CT molecular complexity index is 1040. The number of aliphatic hydroxyl groups is 2. The quantitative estimate of drug-likeness (QED) is 0.341. The Hall–Kier alpha value is -3.12. The minimum atomic E-state index is -0.635. The molecule has 6 rings (SSSR count). The minimum absolute atomic E-state index is 0.258. The van der Waals surface area contributed by atoms with Gasteiger partial charge in [-0.25, -0.2) is 0 Å². The highest BCUT2D eigenvalue weighted by Crippen LogP contribution is 2.29. The molecule has 0 amide bonds. The van der Waals surface area contributed by atoms with Crippen LogP contribution in [0.3, 0.4) is 0 Å². The van der Waals surface area contributed by atoms with E-state index in [4.69, 9.17) is 11.5 Å². The van der Waals surface area contributed by atoms with Crippen molar-refractivity contribution in [3.63, 3.8) is 0 Å². The molecule has 0 spiro atoms. The first-order valence-electron chi connectivity index (χ1n) is 12.4. The number of aliphatic hydroxyl groups excluding tert-OH is 1. The molecular weight excluding hydrogens is 448 g/mol. The topological polar surface area (TPSA) is 175 Å². The second-order valence-electron chi connectivity index (χ2n) is 10.3. The van der Waals surface area contributed by atoms with Gasteiger partial charge in [0, 0.05) is 50.4 Å². The van der Waals surface area contributed by atoms with E-state index >= 15 is 0 Å². The zero-order chi connectivity index (χ0) is 24.6. The molecule has 0 aromatic carbocycles. The standard InChI is InChI=1S/C12H19N5O.C11H17N5O/c1-12(18)4-5-17(7-12)10-6-9(14-8-2-3-8)15-11(13)16-10;12-11-14-9(13-7-1-2-7)5-10(15-11)16-4-3-8(17)6-16/h6,8,18H,2-5,7H2,1H3,(H3,13,14,15,16);5,7-8,17H,1-4,6H2,(H3,12,13,14,15)/t;8-/m.0/s1. The van der Waals surface area contributed by atoms with Crippen molar-refractivity contribution < 1.29 is 10.2 Å². The summed E-state index contributed by atoms with van der Waals surface area (Å²) in [5.41, 5.74) is 10.8. The average Bonchev–Trinajstić information content (AvgIpc) is 3.70. The summed E-state index contributed by atoms with van der Waals surface area (Å²) in [6.07, 6.45) is 6.06. The normalized spacial score (nSPS) is 25.9. The molecule has 0 bridgehead atoms. The fraction of sp³-hybridized carbons (Fsp3) is 0.652. The van der Waals surface area contributed by atoms with Gasteiger partial charge in [-0.2, -0.15) is 19.9 Å². The fourth-order valence-electron chi connectivity index (χ4n) is 4.34. The summed E-state index contributed by atoms with van der Waals surface area (Å²) < 4.78 is 0. The molecule has 2 aromatic heterocycles. The SMILES string of the molecule is CC1(O)CCN(c2cc(NC3CC3)nc(N)n2)C1.Nc1nc(NC2CC2)cc(N2CC[C@H](O)C2)n1. The van der Waals surface area contributed by atoms with Crippen molar-refractivity contribution in [3.8, 4) is 0 Å². The summed E-state index contributed by atoms with van der Waals surface area (Å²) in [6, 6.07) is 4.90. The minimum Gasteiger partial charge on any atom is -0.391 e. The predicted octanol–water partition coefficient (Wildman–Crippen LogP) is 0.798. The van der Waals surface area contributed by atoms with Crippen LogP contribution in [0, 0.1) is 0 Å². The van der Waals surface area contributed by atoms with E-state index < -0.39 is 5.60 Å². The van der Waals surface area contributed by atoms with Crippen LogP contribution in [0.1, 0.15) is 45.4 Å². The van der Waals surface area contributed by atoms with Crippen LogP contribution in [-0.4, -0.2) is 80.1 Å². The summed E-state index contributed by atoms with van der Waals surface area (Å²) in [5, 5.41) is 26.1. The smallest absolute Gasteiger partial charge is 0.223 e. The average molecular weight is 485 g/mol. The van der Waals surface area contributed by atoms with E-state index in [1.807, 2.05) is 24.0 Å². The molecule has 0 radical (unpaired) electrons. The van der Waals surface area contributed by atoms with Crippen LogP contribution in [0.4, 0.5) is 35.2 Å². The van der Waals surface area contributed by atoms with Crippen molar-refractivity contribution in [1.82, 2.24) is 19.9 Å². The van der Waals surface area contributed by atoms with Crippen molar-refractivity contribution in [3.05, 3.63) is 12.1 Å². The first kappa shape index (κ1) is 23.6. The first-order valence-corrected chi connectivity index (χ1v) is 12.4. The fourth-order valence-corrected chi connectivity index (χ4v) is 4.34. The summed E-state index contributed by atoms with van der Waals surface area (Å²) in [6.45, 7) is 4.68. The first-order chi connectivity index (χ1) is 16.7. The van der Waals surface area contributed by atoms with Gasteiger partial charge in [0.15, 0.2) is 0 Å². The lowest BCUT2D eigenvalue weighted by Crippen LogP contribution is -2.30. The molecule has 8 N–H and O–H groups in total. The molecule has 4 aliphatic rings. The third-order valence-electron chi connectivity index (χ3n) is 6.58. The summed E-state index contributed by atoms with van der Waals surface area (Å²) in [5.74, 6) is 3.73. The lowest BCUT2D eigenvalue weighted by atomic mass is 10.1. The van der Waals surface area contributed by atoms with E-state index in [0.717, 1.165) is 49.2 Å². The Morgan fingerprint density at radius 3 is 1.83 bits per heavy atom. The van der Waals surface area contributed by atoms with Crippen molar-refractivity contribution >= 4 is 35.2 Å². The maximum absolute atomic E-state index is 9.99. The van der Waals surface area contributed by atoms with E-state index in [0.29, 0.717) is 25.2 Å². The molecule has 2 saturated heterocycles. The molecule has 2 saturated carbocycles. The predicted molar refractivity (Wildman–Crippen MR) is 136 cm³/mol. The van der Waals surface area contributed by atoms with Gasteiger partial charge >= 0.3 is 0 Å². The third kappa shape index (κ3) is 6.51. The van der Waals surface area contributed by atoms with Crippen LogP contribution in [-0.2, 0) is 0 Å². The molecule has 190 valence electrons. The third-order valence-corrected chi connectivity index (χ3v) is 6.58. The summed E-state index contributed by atoms with van der Waals surface area (Å²) in [7, 11) is 0. The molecule has 12 heteroatoms. The Morgan fingerprint density at radius 1 is 0.857 bits per heavy atom. The van der Waals surface area contributed by atoms with Gasteiger partial charge in [-0.3, -0.25) is 0 Å². The number of nitrogens with zero attached hydrogens (tertiary/aromatic N) is 6. The molecule has 2 atom stereocenters. The van der Waals surface area contributed by atoms with Crippen molar-refractivity contribution in [2.45, 2.75) is 69.2 Å². The zero-order valence-corrected chi connectivity index (χ0v) is 20.2. The van der Waals surface area contributed by atoms with Gasteiger partial charge < -0.3 is 42.1 Å². The lowest BCUT2D eigenvalue weighted by molar-refractivity contribution is 0.0839. The number of anilines is 6. The van der Waals surface area contributed by atoms with Gasteiger partial charge in [0.1, 0.15) is 23.3 Å². The highest BCUT2D eigenvalue weighted by atomic mass is 16.3.